The minimum Gasteiger partial charge on any atom is -0.396 e. The zero-order chi connectivity index (χ0) is 12.5. The first-order chi connectivity index (χ1) is 8.78. The van der Waals surface area contributed by atoms with Crippen molar-refractivity contribution in [3.63, 3.8) is 0 Å². The van der Waals surface area contributed by atoms with Gasteiger partial charge >= 0.3 is 0 Å². The van der Waals surface area contributed by atoms with E-state index in [0.717, 1.165) is 31.3 Å². The summed E-state index contributed by atoms with van der Waals surface area (Å²) in [5, 5.41) is 12.4. The van der Waals surface area contributed by atoms with E-state index in [1.807, 2.05) is 0 Å². The molecule has 4 atom stereocenters. The number of hydrogen-bond donors (Lipinski definition) is 2. The van der Waals surface area contributed by atoms with Gasteiger partial charge in [0.25, 0.3) is 0 Å². The largest absolute Gasteiger partial charge is 0.396 e. The van der Waals surface area contributed by atoms with Gasteiger partial charge in [-0.2, -0.15) is 0 Å². The molecule has 4 nitrogen and oxygen atoms in total. The lowest BCUT2D eigenvalue weighted by atomic mass is 9.98. The zero-order valence-electron chi connectivity index (χ0n) is 11.3. The molecule has 4 heteroatoms. The number of guanidine groups is 1. The first kappa shape index (κ1) is 12.3. The number of hydrogen-bond acceptors (Lipinski definition) is 4. The molecule has 18 heavy (non-hydrogen) atoms. The van der Waals surface area contributed by atoms with Gasteiger partial charge in [0.05, 0.1) is 6.04 Å². The van der Waals surface area contributed by atoms with Gasteiger partial charge in [0.2, 0.25) is 0 Å². The summed E-state index contributed by atoms with van der Waals surface area (Å²) in [5.74, 6) is 1.17. The molecular formula is C14H25N3O. The van der Waals surface area contributed by atoms with Crippen LogP contribution >= 0.6 is 0 Å². The molecule has 0 bridgehead atoms. The molecule has 3 aliphatic rings. The molecule has 0 aromatic carbocycles. The predicted octanol–water partition coefficient (Wildman–Crippen LogP) is 1.49. The highest BCUT2D eigenvalue weighted by atomic mass is 16.2. The van der Waals surface area contributed by atoms with E-state index >= 15 is 0 Å². The summed E-state index contributed by atoms with van der Waals surface area (Å²) in [6.07, 6.45) is 8.33. The molecule has 0 saturated carbocycles. The third-order valence-electron chi connectivity index (χ3n) is 4.66. The molecule has 0 aromatic rings. The number of unbranched alkanes of at least 4 members (excludes halogenated alkanes) is 1. The Kier molecular flexibility index (Phi) is 3.46. The average molecular weight is 251 g/mol. The summed E-state index contributed by atoms with van der Waals surface area (Å²) in [6.45, 7) is 2.58. The lowest BCUT2D eigenvalue weighted by Crippen LogP contribution is -2.59. The van der Waals surface area contributed by atoms with Crippen molar-refractivity contribution in [1.29, 1.82) is 0 Å². The fourth-order valence-corrected chi connectivity index (χ4v) is 3.85. The summed E-state index contributed by atoms with van der Waals surface area (Å²) in [5.41, 5.74) is 0. The average Bonchev–Trinajstić information content (AvgIpc) is 2.73. The van der Waals surface area contributed by atoms with Crippen molar-refractivity contribution >= 4 is 5.96 Å². The minimum atomic E-state index is 0.316. The molecule has 0 unspecified atom stereocenters. The number of aliphatic imine (C=N–C) groups is 1. The third-order valence-corrected chi connectivity index (χ3v) is 4.66. The van der Waals surface area contributed by atoms with Crippen LogP contribution in [0.4, 0.5) is 0 Å². The Bertz CT molecular complexity index is 331. The summed E-state index contributed by atoms with van der Waals surface area (Å²) >= 11 is 0. The molecule has 0 radical (unpaired) electrons. The second-order valence-electron chi connectivity index (χ2n) is 6.13. The highest BCUT2D eigenvalue weighted by molar-refractivity contribution is 5.83. The van der Waals surface area contributed by atoms with Crippen LogP contribution in [0.25, 0.3) is 0 Å². The SMILES string of the molecule is C[C@@H]1C[C@@H]2CC[C@@H]3C[C@H](CCCCO)N=C(N1)N32. The maximum absolute atomic E-state index is 8.87. The molecule has 102 valence electrons. The molecule has 0 aliphatic carbocycles. The molecule has 3 rings (SSSR count). The Labute approximate surface area is 109 Å². The van der Waals surface area contributed by atoms with Gasteiger partial charge in [-0.05, 0) is 51.9 Å². The Hall–Kier alpha value is -0.770. The molecular weight excluding hydrogens is 226 g/mol. The number of nitrogens with one attached hydrogen (secondary N) is 1. The normalized spacial score (nSPS) is 38.1. The molecule has 0 aromatic heterocycles. The quantitative estimate of drug-likeness (QED) is 0.744. The van der Waals surface area contributed by atoms with Gasteiger partial charge in [-0.15, -0.1) is 0 Å². The van der Waals surface area contributed by atoms with Gasteiger partial charge in [0, 0.05) is 24.7 Å². The van der Waals surface area contributed by atoms with Gasteiger partial charge in [-0.1, -0.05) is 0 Å². The summed E-state index contributed by atoms with van der Waals surface area (Å²) < 4.78 is 0. The minimum absolute atomic E-state index is 0.316. The second-order valence-corrected chi connectivity index (χ2v) is 6.13. The Morgan fingerprint density at radius 1 is 1.28 bits per heavy atom. The molecule has 2 saturated heterocycles. The lowest BCUT2D eigenvalue weighted by molar-refractivity contribution is 0.208. The van der Waals surface area contributed by atoms with Crippen molar-refractivity contribution in [2.75, 3.05) is 6.61 Å². The van der Waals surface area contributed by atoms with Gasteiger partial charge in [0.15, 0.2) is 5.96 Å². The van der Waals surface area contributed by atoms with Crippen molar-refractivity contribution in [1.82, 2.24) is 10.2 Å². The number of aliphatic hydroxyl groups is 1. The van der Waals surface area contributed by atoms with E-state index in [9.17, 15) is 0 Å². The van der Waals surface area contributed by atoms with Crippen molar-refractivity contribution in [2.45, 2.75) is 76.0 Å². The van der Waals surface area contributed by atoms with Gasteiger partial charge in [-0.25, -0.2) is 4.99 Å². The van der Waals surface area contributed by atoms with Crippen molar-refractivity contribution in [2.24, 2.45) is 4.99 Å². The van der Waals surface area contributed by atoms with E-state index in [2.05, 4.69) is 17.1 Å². The van der Waals surface area contributed by atoms with Crippen LogP contribution in [0.5, 0.6) is 0 Å². The third kappa shape index (κ3) is 2.22. The fourth-order valence-electron chi connectivity index (χ4n) is 3.85. The molecule has 2 N–H and O–H groups in total. The Balaban J connectivity index is 1.69. The standard InChI is InChI=1S/C14H25N3O/c1-10-8-12-5-6-13-9-11(4-2-3-7-18)16-14(15-10)17(12)13/h10-13,18H,2-9H2,1H3,(H,15,16)/t10-,11+,12+,13-/m1/s1. The van der Waals surface area contributed by atoms with Crippen LogP contribution in [0.15, 0.2) is 4.99 Å². The summed E-state index contributed by atoms with van der Waals surface area (Å²) in [6, 6.07) is 2.51. The lowest BCUT2D eigenvalue weighted by Gasteiger charge is -2.44. The Morgan fingerprint density at radius 3 is 2.83 bits per heavy atom. The second kappa shape index (κ2) is 5.08. The van der Waals surface area contributed by atoms with Crippen LogP contribution in [-0.2, 0) is 0 Å². The van der Waals surface area contributed by atoms with Crippen molar-refractivity contribution < 1.29 is 5.11 Å². The Morgan fingerprint density at radius 2 is 2.06 bits per heavy atom. The van der Waals surface area contributed by atoms with Crippen LogP contribution in [0, 0.1) is 0 Å². The molecule has 0 spiro atoms. The molecule has 3 aliphatic heterocycles. The number of nitrogens with zero attached hydrogens (tertiary/aromatic N) is 2. The predicted molar refractivity (Wildman–Crippen MR) is 72.6 cm³/mol. The monoisotopic (exact) mass is 251 g/mol. The van der Waals surface area contributed by atoms with E-state index in [4.69, 9.17) is 10.1 Å². The van der Waals surface area contributed by atoms with Gasteiger partial charge in [-0.3, -0.25) is 0 Å². The maximum atomic E-state index is 8.87. The van der Waals surface area contributed by atoms with Crippen molar-refractivity contribution in [3.05, 3.63) is 0 Å². The smallest absolute Gasteiger partial charge is 0.194 e. The van der Waals surface area contributed by atoms with Crippen LogP contribution in [-0.4, -0.2) is 46.7 Å². The van der Waals surface area contributed by atoms with Crippen LogP contribution in [0.3, 0.4) is 0 Å². The fraction of sp³-hybridized carbons (Fsp3) is 0.929. The van der Waals surface area contributed by atoms with E-state index in [1.165, 1.54) is 31.6 Å². The van der Waals surface area contributed by atoms with E-state index < -0.39 is 0 Å². The molecule has 3 heterocycles. The highest BCUT2D eigenvalue weighted by Crippen LogP contribution is 2.36. The maximum Gasteiger partial charge on any atom is 0.194 e. The topological polar surface area (TPSA) is 47.9 Å². The van der Waals surface area contributed by atoms with Crippen LogP contribution < -0.4 is 5.32 Å². The first-order valence-electron chi connectivity index (χ1n) is 7.51. The molecule has 0 amide bonds. The van der Waals surface area contributed by atoms with Crippen molar-refractivity contribution in [3.8, 4) is 0 Å². The van der Waals surface area contributed by atoms with E-state index in [-0.39, 0.29) is 0 Å². The van der Waals surface area contributed by atoms with E-state index in [1.54, 1.807) is 0 Å². The highest BCUT2D eigenvalue weighted by Gasteiger charge is 2.43. The summed E-state index contributed by atoms with van der Waals surface area (Å²) in [4.78, 5) is 7.47. The van der Waals surface area contributed by atoms with Gasteiger partial charge < -0.3 is 15.3 Å². The van der Waals surface area contributed by atoms with Gasteiger partial charge in [0.1, 0.15) is 0 Å². The van der Waals surface area contributed by atoms with Crippen LogP contribution in [0.1, 0.15) is 51.9 Å². The summed E-state index contributed by atoms with van der Waals surface area (Å²) in [7, 11) is 0. The first-order valence-corrected chi connectivity index (χ1v) is 7.51. The van der Waals surface area contributed by atoms with Crippen LogP contribution in [0.2, 0.25) is 0 Å². The zero-order valence-corrected chi connectivity index (χ0v) is 11.3. The number of aliphatic hydroxyl groups excluding tert-OH is 1. The van der Waals surface area contributed by atoms with E-state index in [0.29, 0.717) is 18.7 Å². The number of rotatable bonds is 4. The molecule has 2 fully saturated rings.